The SMILES string of the molecule is COc1cc(NCC(O)CCl)c(OC)c2c(OC)cccc12. The van der Waals surface area contributed by atoms with Gasteiger partial charge in [-0.2, -0.15) is 0 Å². The molecule has 0 spiro atoms. The average molecular weight is 326 g/mol. The second-order valence-electron chi connectivity index (χ2n) is 4.73. The topological polar surface area (TPSA) is 60.0 Å². The third-order valence-electron chi connectivity index (χ3n) is 3.39. The third-order valence-corrected chi connectivity index (χ3v) is 3.75. The fraction of sp³-hybridized carbons (Fsp3) is 0.375. The molecule has 0 saturated heterocycles. The highest BCUT2D eigenvalue weighted by Crippen LogP contribution is 2.44. The molecule has 0 amide bonds. The molecule has 5 nitrogen and oxygen atoms in total. The van der Waals surface area contributed by atoms with Crippen LogP contribution in [0.4, 0.5) is 5.69 Å². The summed E-state index contributed by atoms with van der Waals surface area (Å²) in [7, 11) is 4.81. The van der Waals surface area contributed by atoms with E-state index in [1.54, 1.807) is 21.3 Å². The Morgan fingerprint density at radius 2 is 1.86 bits per heavy atom. The van der Waals surface area contributed by atoms with Crippen molar-refractivity contribution in [3.8, 4) is 17.2 Å². The molecule has 1 unspecified atom stereocenters. The Hall–Kier alpha value is -1.85. The summed E-state index contributed by atoms with van der Waals surface area (Å²) >= 11 is 5.63. The first-order valence-corrected chi connectivity index (χ1v) is 7.39. The van der Waals surface area contributed by atoms with Crippen LogP contribution in [-0.4, -0.2) is 45.0 Å². The van der Waals surface area contributed by atoms with Crippen molar-refractivity contribution < 1.29 is 19.3 Å². The van der Waals surface area contributed by atoms with Gasteiger partial charge in [0.25, 0.3) is 0 Å². The van der Waals surface area contributed by atoms with Crippen molar-refractivity contribution in [1.82, 2.24) is 0 Å². The lowest BCUT2D eigenvalue weighted by molar-refractivity contribution is 0.211. The van der Waals surface area contributed by atoms with Gasteiger partial charge in [0.15, 0.2) is 5.75 Å². The maximum Gasteiger partial charge on any atom is 0.153 e. The van der Waals surface area contributed by atoms with Gasteiger partial charge in [-0.1, -0.05) is 12.1 Å². The van der Waals surface area contributed by atoms with E-state index in [4.69, 9.17) is 25.8 Å². The number of aliphatic hydroxyl groups excluding tert-OH is 1. The summed E-state index contributed by atoms with van der Waals surface area (Å²) in [4.78, 5) is 0. The van der Waals surface area contributed by atoms with Gasteiger partial charge < -0.3 is 24.6 Å². The van der Waals surface area contributed by atoms with Crippen LogP contribution in [0.1, 0.15) is 0 Å². The Morgan fingerprint density at radius 1 is 1.14 bits per heavy atom. The molecule has 0 aliphatic rings. The number of methoxy groups -OCH3 is 3. The van der Waals surface area contributed by atoms with Crippen LogP contribution < -0.4 is 19.5 Å². The molecule has 0 aliphatic carbocycles. The van der Waals surface area contributed by atoms with E-state index >= 15 is 0 Å². The molecule has 1 atom stereocenters. The smallest absolute Gasteiger partial charge is 0.153 e. The van der Waals surface area contributed by atoms with Gasteiger partial charge in [-0.15, -0.1) is 11.6 Å². The normalized spacial score (nSPS) is 12.0. The Labute approximate surface area is 134 Å². The largest absolute Gasteiger partial charge is 0.496 e. The van der Waals surface area contributed by atoms with E-state index in [0.717, 1.165) is 10.8 Å². The summed E-state index contributed by atoms with van der Waals surface area (Å²) in [5.74, 6) is 2.17. The standard InChI is InChI=1S/C16H20ClNO4/c1-20-13-6-4-5-11-14(21-2)7-12(16(22-3)15(11)13)18-9-10(19)8-17/h4-7,10,18-19H,8-9H2,1-3H3. The number of hydrogen-bond acceptors (Lipinski definition) is 5. The minimum Gasteiger partial charge on any atom is -0.496 e. The monoisotopic (exact) mass is 325 g/mol. The highest BCUT2D eigenvalue weighted by Gasteiger charge is 2.17. The number of rotatable bonds is 7. The number of hydrogen-bond donors (Lipinski definition) is 2. The van der Waals surface area contributed by atoms with Crippen molar-refractivity contribution in [3.05, 3.63) is 24.3 Å². The minimum absolute atomic E-state index is 0.156. The van der Waals surface area contributed by atoms with Crippen LogP contribution in [0.2, 0.25) is 0 Å². The van der Waals surface area contributed by atoms with E-state index in [0.29, 0.717) is 29.5 Å². The average Bonchev–Trinajstić information content (AvgIpc) is 2.57. The molecule has 0 aromatic heterocycles. The molecule has 2 aromatic carbocycles. The third kappa shape index (κ3) is 3.15. The molecule has 120 valence electrons. The van der Waals surface area contributed by atoms with Crippen LogP contribution in [0.5, 0.6) is 17.2 Å². The number of fused-ring (bicyclic) bond motifs is 1. The van der Waals surface area contributed by atoms with Crippen molar-refractivity contribution in [2.24, 2.45) is 0 Å². The van der Waals surface area contributed by atoms with Gasteiger partial charge in [-0.05, 0) is 6.07 Å². The zero-order valence-electron chi connectivity index (χ0n) is 12.9. The van der Waals surface area contributed by atoms with Gasteiger partial charge in [0.1, 0.15) is 11.5 Å². The Kier molecular flexibility index (Phi) is 5.57. The number of alkyl halides is 1. The van der Waals surface area contributed by atoms with Gasteiger partial charge in [0.2, 0.25) is 0 Å². The van der Waals surface area contributed by atoms with Gasteiger partial charge in [0, 0.05) is 18.0 Å². The van der Waals surface area contributed by atoms with Crippen molar-refractivity contribution in [3.63, 3.8) is 0 Å². The summed E-state index contributed by atoms with van der Waals surface area (Å²) in [5, 5.41) is 14.5. The number of ether oxygens (including phenoxy) is 3. The molecule has 2 aromatic rings. The highest BCUT2D eigenvalue weighted by molar-refractivity contribution is 6.18. The Morgan fingerprint density at radius 3 is 2.45 bits per heavy atom. The number of benzene rings is 2. The van der Waals surface area contributed by atoms with Crippen molar-refractivity contribution in [2.45, 2.75) is 6.10 Å². The quantitative estimate of drug-likeness (QED) is 0.767. The van der Waals surface area contributed by atoms with E-state index in [1.165, 1.54) is 0 Å². The van der Waals surface area contributed by atoms with Crippen molar-refractivity contribution in [1.29, 1.82) is 0 Å². The summed E-state index contributed by atoms with van der Waals surface area (Å²) in [6.07, 6.45) is -0.647. The summed E-state index contributed by atoms with van der Waals surface area (Å²) < 4.78 is 16.5. The molecule has 6 heteroatoms. The molecular weight excluding hydrogens is 306 g/mol. The van der Waals surface area contributed by atoms with Crippen LogP contribution in [0.25, 0.3) is 10.8 Å². The molecular formula is C16H20ClNO4. The number of aliphatic hydroxyl groups is 1. The van der Waals surface area contributed by atoms with Crippen molar-refractivity contribution in [2.75, 3.05) is 39.1 Å². The van der Waals surface area contributed by atoms with Crippen LogP contribution in [0.15, 0.2) is 24.3 Å². The van der Waals surface area contributed by atoms with Gasteiger partial charge in [0.05, 0.1) is 44.4 Å². The number of halogens is 1. The molecule has 0 bridgehead atoms. The molecule has 0 saturated carbocycles. The first-order valence-electron chi connectivity index (χ1n) is 6.85. The first-order chi connectivity index (χ1) is 10.7. The molecule has 0 aliphatic heterocycles. The van der Waals surface area contributed by atoms with Gasteiger partial charge >= 0.3 is 0 Å². The lowest BCUT2D eigenvalue weighted by Gasteiger charge is -2.19. The molecule has 0 radical (unpaired) electrons. The maximum absolute atomic E-state index is 9.63. The van der Waals surface area contributed by atoms with Crippen LogP contribution in [0, 0.1) is 0 Å². The first kappa shape index (κ1) is 16.5. The number of anilines is 1. The highest BCUT2D eigenvalue weighted by atomic mass is 35.5. The van der Waals surface area contributed by atoms with Crippen LogP contribution in [-0.2, 0) is 0 Å². The summed E-state index contributed by atoms with van der Waals surface area (Å²) in [5.41, 5.74) is 0.709. The van der Waals surface area contributed by atoms with E-state index in [2.05, 4.69) is 5.32 Å². The molecule has 2 rings (SSSR count). The second kappa shape index (κ2) is 7.42. The zero-order chi connectivity index (χ0) is 16.1. The van der Waals surface area contributed by atoms with Gasteiger partial charge in [-0.25, -0.2) is 0 Å². The maximum atomic E-state index is 9.63. The fourth-order valence-corrected chi connectivity index (χ4v) is 2.45. The van der Waals surface area contributed by atoms with Crippen LogP contribution >= 0.6 is 11.6 Å². The fourth-order valence-electron chi connectivity index (χ4n) is 2.34. The predicted molar refractivity (Wildman–Crippen MR) is 88.8 cm³/mol. The second-order valence-corrected chi connectivity index (χ2v) is 5.04. The van der Waals surface area contributed by atoms with Gasteiger partial charge in [-0.3, -0.25) is 0 Å². The number of nitrogens with one attached hydrogen (secondary N) is 1. The van der Waals surface area contributed by atoms with Crippen LogP contribution in [0.3, 0.4) is 0 Å². The lowest BCUT2D eigenvalue weighted by atomic mass is 10.1. The lowest BCUT2D eigenvalue weighted by Crippen LogP contribution is -2.21. The minimum atomic E-state index is -0.647. The molecule has 0 heterocycles. The van der Waals surface area contributed by atoms with E-state index < -0.39 is 6.10 Å². The van der Waals surface area contributed by atoms with E-state index in [9.17, 15) is 5.11 Å². The molecule has 0 fully saturated rings. The van der Waals surface area contributed by atoms with E-state index in [-0.39, 0.29) is 5.88 Å². The molecule has 22 heavy (non-hydrogen) atoms. The van der Waals surface area contributed by atoms with E-state index in [1.807, 2.05) is 24.3 Å². The zero-order valence-corrected chi connectivity index (χ0v) is 13.6. The molecule has 2 N–H and O–H groups in total. The Bertz CT molecular complexity index is 648. The summed E-state index contributed by atoms with van der Waals surface area (Å²) in [6, 6.07) is 7.54. The Balaban J connectivity index is 2.60. The van der Waals surface area contributed by atoms with Crippen molar-refractivity contribution >= 4 is 28.1 Å². The summed E-state index contributed by atoms with van der Waals surface area (Å²) in [6.45, 7) is 0.309. The predicted octanol–water partition coefficient (Wildman–Crippen LogP) is 2.88.